The Labute approximate surface area is 216 Å². The van der Waals surface area contributed by atoms with Crippen molar-refractivity contribution in [2.75, 3.05) is 52.1 Å². The predicted molar refractivity (Wildman–Crippen MR) is 151 cm³/mol. The molecule has 0 radical (unpaired) electrons. The van der Waals surface area contributed by atoms with Crippen LogP contribution in [0, 0.1) is 6.92 Å². The zero-order valence-electron chi connectivity index (χ0n) is 20.9. The Morgan fingerprint density at radius 3 is 1.70 bits per heavy atom. The van der Waals surface area contributed by atoms with E-state index >= 15 is 0 Å². The number of anilines is 2. The van der Waals surface area contributed by atoms with E-state index in [1.807, 2.05) is 0 Å². The summed E-state index contributed by atoms with van der Waals surface area (Å²) in [6, 6.07) is 16.0. The number of likely N-dealkylation sites (N-methyl/N-ethyl adjacent to an activating group) is 1. The Morgan fingerprint density at radius 2 is 1.30 bits per heavy atom. The monoisotopic (exact) mass is 509 g/mol. The minimum atomic E-state index is -0.750. The third-order valence-electron chi connectivity index (χ3n) is 5.14. The van der Waals surface area contributed by atoms with Crippen molar-refractivity contribution < 1.29 is 0 Å². The molecule has 0 atom stereocenters. The molecule has 2 aromatic rings. The van der Waals surface area contributed by atoms with Crippen molar-refractivity contribution in [2.45, 2.75) is 30.1 Å². The van der Waals surface area contributed by atoms with Crippen molar-refractivity contribution in [1.82, 2.24) is 4.90 Å². The lowest BCUT2D eigenvalue weighted by atomic mass is 10.0. The molecule has 33 heavy (non-hydrogen) atoms. The van der Waals surface area contributed by atoms with E-state index < -0.39 is 4.30 Å². The van der Waals surface area contributed by atoms with Crippen molar-refractivity contribution >= 4 is 46.2 Å². The summed E-state index contributed by atoms with van der Waals surface area (Å²) in [6.45, 7) is 2.17. The van der Waals surface area contributed by atoms with Crippen LogP contribution in [-0.4, -0.2) is 57.5 Å². The quantitative estimate of drug-likeness (QED) is 0.313. The number of aryl methyl sites for hydroxylation is 1. The van der Waals surface area contributed by atoms with Gasteiger partial charge in [0.05, 0.1) is 0 Å². The molecule has 0 aliphatic heterocycles. The Balaban J connectivity index is 0.000000345. The topological polar surface area (TPSA) is 9.72 Å². The van der Waals surface area contributed by atoms with Crippen molar-refractivity contribution in [2.24, 2.45) is 0 Å². The van der Waals surface area contributed by atoms with Gasteiger partial charge in [0, 0.05) is 45.6 Å². The number of hydrogen-bond donors (Lipinski definition) is 0. The minimum Gasteiger partial charge on any atom is -0.378 e. The highest BCUT2D eigenvalue weighted by atomic mass is 35.6. The van der Waals surface area contributed by atoms with Crippen LogP contribution in [-0.2, 0) is 6.42 Å². The summed E-state index contributed by atoms with van der Waals surface area (Å²) in [4.78, 5) is 6.47. The Bertz CT molecular complexity index is 858. The molecule has 0 heterocycles. The van der Waals surface area contributed by atoms with Crippen molar-refractivity contribution in [3.05, 3.63) is 83.5 Å². The maximum atomic E-state index is 4.81. The number of allylic oxidation sites excluding steroid dienone is 2. The fourth-order valence-electron chi connectivity index (χ4n) is 3.40. The largest absolute Gasteiger partial charge is 0.378 e. The Morgan fingerprint density at radius 1 is 0.788 bits per heavy atom. The van der Waals surface area contributed by atoms with Gasteiger partial charge in [-0.2, -0.15) is 0 Å². The van der Waals surface area contributed by atoms with Gasteiger partial charge in [-0.15, -0.1) is 0 Å². The summed E-state index contributed by atoms with van der Waals surface area (Å²) < 4.78 is -0.750. The number of benzene rings is 2. The van der Waals surface area contributed by atoms with E-state index in [4.69, 9.17) is 34.8 Å². The minimum absolute atomic E-state index is 0.527. The van der Waals surface area contributed by atoms with Crippen LogP contribution in [0.5, 0.6) is 0 Å². The fourth-order valence-corrected chi connectivity index (χ4v) is 3.40. The molecule has 0 N–H and O–H groups in total. The smallest absolute Gasteiger partial charge is 0.180 e. The van der Waals surface area contributed by atoms with Crippen LogP contribution in [0.2, 0.25) is 0 Å². The maximum Gasteiger partial charge on any atom is 0.180 e. The van der Waals surface area contributed by atoms with Crippen LogP contribution in [0.25, 0.3) is 0 Å². The third kappa shape index (κ3) is 11.9. The molecule has 0 amide bonds. The number of halogens is 3. The van der Waals surface area contributed by atoms with Gasteiger partial charge in [0.15, 0.2) is 4.30 Å². The summed E-state index contributed by atoms with van der Waals surface area (Å²) in [6.07, 6.45) is 10.9. The highest BCUT2D eigenvalue weighted by molar-refractivity contribution is 6.63. The lowest BCUT2D eigenvalue weighted by Crippen LogP contribution is -2.24. The first kappa shape index (κ1) is 29.4. The van der Waals surface area contributed by atoms with Crippen LogP contribution in [0.3, 0.4) is 0 Å². The van der Waals surface area contributed by atoms with Gasteiger partial charge < -0.3 is 9.80 Å². The molecule has 3 nitrogen and oxygen atoms in total. The lowest BCUT2D eigenvalue weighted by molar-refractivity contribution is 0.389. The molecule has 0 aromatic heterocycles. The molecular formula is C27H38Cl3N3. The van der Waals surface area contributed by atoms with Gasteiger partial charge in [-0.3, -0.25) is 4.90 Å². The summed E-state index contributed by atoms with van der Waals surface area (Å²) in [5.74, 6) is 0. The van der Waals surface area contributed by atoms with Gasteiger partial charge in [0.25, 0.3) is 0 Å². The molecule has 0 bridgehead atoms. The van der Waals surface area contributed by atoms with E-state index in [1.54, 1.807) is 0 Å². The molecule has 0 fully saturated rings. The number of nitrogens with zero attached hydrogens (tertiary/aromatic N) is 3. The second kappa shape index (κ2) is 15.3. The Hall–Kier alpha value is -1.65. The van der Waals surface area contributed by atoms with Gasteiger partial charge in [0.1, 0.15) is 0 Å². The molecule has 182 valence electrons. The molecule has 0 saturated heterocycles. The molecule has 0 saturated carbocycles. The molecule has 0 unspecified atom stereocenters. The second-order valence-electron chi connectivity index (χ2n) is 8.55. The SMILES string of the molecule is CN(C)C1C=CCC=C1.Cc1cc(Cc2ccc(N(C)C)cc2)ccc1N(C)C.ClC(Cl)Cl. The highest BCUT2D eigenvalue weighted by Gasteiger charge is 2.04. The zero-order valence-corrected chi connectivity index (χ0v) is 23.2. The number of rotatable bonds is 5. The molecule has 2 aromatic carbocycles. The summed E-state index contributed by atoms with van der Waals surface area (Å²) in [5.41, 5.74) is 6.58. The molecule has 0 spiro atoms. The average molecular weight is 511 g/mol. The van der Waals surface area contributed by atoms with E-state index in [1.165, 1.54) is 28.1 Å². The standard InChI is InChI=1S/C18H24N2.C8H13N.CHCl3/c1-14-12-16(8-11-18(14)20(4)5)13-15-6-9-17(10-7-15)19(2)3;1-9(2)8-6-4-3-5-7-8;2-1(3)4/h6-12H,13H2,1-5H3;4-8H,3H2,1-2H3;1H. The second-order valence-corrected chi connectivity index (χ2v) is 10.5. The van der Waals surface area contributed by atoms with Crippen molar-refractivity contribution in [3.8, 4) is 0 Å². The molecule has 1 aliphatic carbocycles. The van der Waals surface area contributed by atoms with Gasteiger partial charge in [-0.1, -0.05) is 83.4 Å². The fraction of sp³-hybridized carbons (Fsp3) is 0.407. The van der Waals surface area contributed by atoms with E-state index in [-0.39, 0.29) is 0 Å². The molecule has 1 aliphatic rings. The summed E-state index contributed by atoms with van der Waals surface area (Å²) in [5, 5.41) is 0. The number of hydrogen-bond acceptors (Lipinski definition) is 3. The van der Waals surface area contributed by atoms with Gasteiger partial charge in [-0.05, 0) is 68.8 Å². The van der Waals surface area contributed by atoms with Crippen LogP contribution in [0.1, 0.15) is 23.1 Å². The maximum absolute atomic E-state index is 4.81. The van der Waals surface area contributed by atoms with Gasteiger partial charge in [0.2, 0.25) is 0 Å². The summed E-state index contributed by atoms with van der Waals surface area (Å²) >= 11 is 14.4. The first-order chi connectivity index (χ1) is 15.5. The third-order valence-corrected chi connectivity index (χ3v) is 5.14. The Kier molecular flexibility index (Phi) is 13.6. The van der Waals surface area contributed by atoms with Gasteiger partial charge in [-0.25, -0.2) is 0 Å². The zero-order chi connectivity index (χ0) is 25.0. The van der Waals surface area contributed by atoms with Crippen molar-refractivity contribution in [3.63, 3.8) is 0 Å². The van der Waals surface area contributed by atoms with Crippen LogP contribution < -0.4 is 9.80 Å². The van der Waals surface area contributed by atoms with Crippen LogP contribution in [0.15, 0.2) is 66.8 Å². The average Bonchev–Trinajstić information content (AvgIpc) is 2.74. The normalized spacial score (nSPS) is 12.7. The van der Waals surface area contributed by atoms with E-state index in [9.17, 15) is 0 Å². The first-order valence-electron chi connectivity index (χ1n) is 11.0. The molecule has 6 heteroatoms. The molecule has 3 rings (SSSR count). The van der Waals surface area contributed by atoms with Crippen molar-refractivity contribution in [1.29, 1.82) is 0 Å². The highest BCUT2D eigenvalue weighted by Crippen LogP contribution is 2.21. The number of alkyl halides is 3. The van der Waals surface area contributed by atoms with Crippen LogP contribution >= 0.6 is 34.8 Å². The lowest BCUT2D eigenvalue weighted by Gasteiger charge is -2.18. The van der Waals surface area contributed by atoms with Gasteiger partial charge >= 0.3 is 0 Å². The predicted octanol–water partition coefficient (Wildman–Crippen LogP) is 7.14. The van der Waals surface area contributed by atoms with E-state index in [2.05, 4.69) is 131 Å². The first-order valence-corrected chi connectivity index (χ1v) is 12.3. The van der Waals surface area contributed by atoms with E-state index in [0.717, 1.165) is 12.8 Å². The van der Waals surface area contributed by atoms with Crippen LogP contribution in [0.4, 0.5) is 11.4 Å². The van der Waals surface area contributed by atoms with E-state index in [0.29, 0.717) is 6.04 Å². The summed E-state index contributed by atoms with van der Waals surface area (Å²) in [7, 11) is 12.5. The molecular weight excluding hydrogens is 473 g/mol.